The van der Waals surface area contributed by atoms with Crippen molar-refractivity contribution in [3.05, 3.63) is 59.4 Å². The van der Waals surface area contributed by atoms with Crippen LogP contribution in [0.2, 0.25) is 10.0 Å². The van der Waals surface area contributed by atoms with Crippen LogP contribution in [0.3, 0.4) is 0 Å². The van der Waals surface area contributed by atoms with Gasteiger partial charge in [-0.2, -0.15) is 5.10 Å². The van der Waals surface area contributed by atoms with Crippen molar-refractivity contribution in [2.45, 2.75) is 0 Å². The Kier molecular flexibility index (Phi) is 3.10. The summed E-state index contributed by atoms with van der Waals surface area (Å²) in [5.74, 6) is 0. The minimum Gasteiger partial charge on any atom is -0.306 e. The number of H-pyrrole nitrogens is 1. The number of nitrogens with zero attached hydrogens (tertiary/aromatic N) is 4. The summed E-state index contributed by atoms with van der Waals surface area (Å²) in [6, 6.07) is 5.65. The van der Waals surface area contributed by atoms with E-state index < -0.39 is 0 Å². The number of hydrogen-bond donors (Lipinski definition) is 1. The molecule has 5 nitrogen and oxygen atoms in total. The first-order valence-electron chi connectivity index (χ1n) is 6.50. The Morgan fingerprint density at radius 3 is 2.82 bits per heavy atom. The van der Waals surface area contributed by atoms with Crippen molar-refractivity contribution < 1.29 is 0 Å². The molecular weight excluding hydrogens is 321 g/mol. The highest BCUT2D eigenvalue weighted by Crippen LogP contribution is 2.34. The summed E-state index contributed by atoms with van der Waals surface area (Å²) in [6.45, 7) is 0. The predicted molar refractivity (Wildman–Crippen MR) is 86.5 cm³/mol. The van der Waals surface area contributed by atoms with Gasteiger partial charge < -0.3 is 4.57 Å². The zero-order chi connectivity index (χ0) is 15.1. The second-order valence-corrected chi connectivity index (χ2v) is 5.53. The van der Waals surface area contributed by atoms with Gasteiger partial charge in [0.15, 0.2) is 0 Å². The highest BCUT2D eigenvalue weighted by atomic mass is 35.5. The lowest BCUT2D eigenvalue weighted by Crippen LogP contribution is -1.96. The van der Waals surface area contributed by atoms with E-state index in [1.165, 1.54) is 0 Å². The van der Waals surface area contributed by atoms with Crippen molar-refractivity contribution in [3.63, 3.8) is 0 Å². The molecule has 1 aromatic carbocycles. The molecule has 108 valence electrons. The van der Waals surface area contributed by atoms with Gasteiger partial charge in [0.2, 0.25) is 0 Å². The quantitative estimate of drug-likeness (QED) is 0.601. The van der Waals surface area contributed by atoms with Gasteiger partial charge in [0.1, 0.15) is 0 Å². The summed E-state index contributed by atoms with van der Waals surface area (Å²) in [5, 5.41) is 8.57. The number of imidazole rings is 1. The molecule has 7 heteroatoms. The van der Waals surface area contributed by atoms with E-state index in [0.29, 0.717) is 15.6 Å². The van der Waals surface area contributed by atoms with E-state index in [1.54, 1.807) is 31.0 Å². The number of pyridine rings is 1. The van der Waals surface area contributed by atoms with Crippen LogP contribution in [0.5, 0.6) is 0 Å². The SMILES string of the molecule is Clc1ccc2c(-n3ccnc3)cc(-c3cn[nH]c3)nc2c1Cl. The van der Waals surface area contributed by atoms with Crippen molar-refractivity contribution in [2.24, 2.45) is 0 Å². The predicted octanol–water partition coefficient (Wildman–Crippen LogP) is 4.12. The lowest BCUT2D eigenvalue weighted by Gasteiger charge is -2.11. The maximum atomic E-state index is 6.35. The molecule has 3 aromatic heterocycles. The molecule has 0 saturated carbocycles. The van der Waals surface area contributed by atoms with Crippen LogP contribution in [-0.4, -0.2) is 24.7 Å². The maximum Gasteiger partial charge on any atom is 0.0991 e. The molecule has 0 spiro atoms. The zero-order valence-corrected chi connectivity index (χ0v) is 12.7. The van der Waals surface area contributed by atoms with Gasteiger partial charge in [0, 0.05) is 29.5 Å². The van der Waals surface area contributed by atoms with Gasteiger partial charge in [-0.25, -0.2) is 9.97 Å². The van der Waals surface area contributed by atoms with E-state index in [0.717, 1.165) is 22.3 Å². The molecule has 0 atom stereocenters. The first-order chi connectivity index (χ1) is 10.7. The monoisotopic (exact) mass is 329 g/mol. The van der Waals surface area contributed by atoms with Crippen LogP contribution < -0.4 is 0 Å². The Balaban J connectivity index is 2.10. The Labute approximate surface area is 135 Å². The molecule has 3 heterocycles. The number of fused-ring (bicyclic) bond motifs is 1. The lowest BCUT2D eigenvalue weighted by molar-refractivity contribution is 1.06. The number of nitrogens with one attached hydrogen (secondary N) is 1. The summed E-state index contributed by atoms with van der Waals surface area (Å²) in [6.07, 6.45) is 8.82. The van der Waals surface area contributed by atoms with Gasteiger partial charge in [-0.1, -0.05) is 23.2 Å². The Morgan fingerprint density at radius 2 is 2.09 bits per heavy atom. The molecule has 4 aromatic rings. The Morgan fingerprint density at radius 1 is 1.18 bits per heavy atom. The minimum atomic E-state index is 0.436. The van der Waals surface area contributed by atoms with Gasteiger partial charge in [-0.3, -0.25) is 5.10 Å². The number of halogens is 2. The highest BCUT2D eigenvalue weighted by molar-refractivity contribution is 6.45. The zero-order valence-electron chi connectivity index (χ0n) is 11.2. The number of aromatic amines is 1. The largest absolute Gasteiger partial charge is 0.306 e. The van der Waals surface area contributed by atoms with Crippen LogP contribution in [0.25, 0.3) is 27.8 Å². The van der Waals surface area contributed by atoms with Crippen molar-refractivity contribution in [1.82, 2.24) is 24.7 Å². The smallest absolute Gasteiger partial charge is 0.0991 e. The lowest BCUT2D eigenvalue weighted by atomic mass is 10.1. The van der Waals surface area contributed by atoms with Crippen LogP contribution in [0, 0.1) is 0 Å². The molecule has 0 unspecified atom stereocenters. The molecule has 4 rings (SSSR count). The fourth-order valence-corrected chi connectivity index (χ4v) is 2.73. The third-order valence-corrected chi connectivity index (χ3v) is 4.22. The van der Waals surface area contributed by atoms with Crippen LogP contribution in [0.1, 0.15) is 0 Å². The molecular formula is C15H9Cl2N5. The first kappa shape index (κ1) is 13.3. The molecule has 0 amide bonds. The average molecular weight is 330 g/mol. The van der Waals surface area contributed by atoms with E-state index >= 15 is 0 Å². The summed E-state index contributed by atoms with van der Waals surface area (Å²) >= 11 is 12.5. The number of hydrogen-bond acceptors (Lipinski definition) is 3. The van der Waals surface area contributed by atoms with E-state index in [-0.39, 0.29) is 0 Å². The van der Waals surface area contributed by atoms with Gasteiger partial charge in [0.05, 0.1) is 39.5 Å². The Hall–Kier alpha value is -2.37. The minimum absolute atomic E-state index is 0.436. The molecule has 0 aliphatic carbocycles. The average Bonchev–Trinajstić information content (AvgIpc) is 3.23. The van der Waals surface area contributed by atoms with Crippen LogP contribution >= 0.6 is 23.2 Å². The summed E-state index contributed by atoms with van der Waals surface area (Å²) in [4.78, 5) is 8.74. The molecule has 0 bridgehead atoms. The van der Waals surface area contributed by atoms with Crippen molar-refractivity contribution in [1.29, 1.82) is 0 Å². The van der Waals surface area contributed by atoms with Crippen molar-refractivity contribution >= 4 is 34.1 Å². The van der Waals surface area contributed by atoms with E-state index in [1.807, 2.05) is 22.9 Å². The van der Waals surface area contributed by atoms with Gasteiger partial charge in [0.25, 0.3) is 0 Å². The molecule has 0 aliphatic rings. The topological polar surface area (TPSA) is 59.4 Å². The summed E-state index contributed by atoms with van der Waals surface area (Å²) in [5.41, 5.74) is 3.21. The third-order valence-electron chi connectivity index (χ3n) is 3.43. The van der Waals surface area contributed by atoms with E-state index in [4.69, 9.17) is 23.2 Å². The van der Waals surface area contributed by atoms with Gasteiger partial charge >= 0.3 is 0 Å². The second kappa shape index (κ2) is 5.12. The van der Waals surface area contributed by atoms with E-state index in [2.05, 4.69) is 20.2 Å². The van der Waals surface area contributed by atoms with Gasteiger partial charge in [-0.15, -0.1) is 0 Å². The first-order valence-corrected chi connectivity index (χ1v) is 7.26. The summed E-state index contributed by atoms with van der Waals surface area (Å²) in [7, 11) is 0. The van der Waals surface area contributed by atoms with Crippen LogP contribution in [-0.2, 0) is 0 Å². The molecule has 1 N–H and O–H groups in total. The van der Waals surface area contributed by atoms with Crippen LogP contribution in [0.4, 0.5) is 0 Å². The van der Waals surface area contributed by atoms with Gasteiger partial charge in [-0.05, 0) is 18.2 Å². The van der Waals surface area contributed by atoms with E-state index in [9.17, 15) is 0 Å². The highest BCUT2D eigenvalue weighted by Gasteiger charge is 2.13. The molecule has 0 saturated heterocycles. The molecule has 0 fully saturated rings. The Bertz CT molecular complexity index is 946. The second-order valence-electron chi connectivity index (χ2n) is 4.74. The molecule has 0 aliphatic heterocycles. The summed E-state index contributed by atoms with van der Waals surface area (Å²) < 4.78 is 1.91. The van der Waals surface area contributed by atoms with Crippen molar-refractivity contribution in [3.8, 4) is 16.9 Å². The number of aromatic nitrogens is 5. The fourth-order valence-electron chi connectivity index (χ4n) is 2.37. The number of benzene rings is 1. The third kappa shape index (κ3) is 2.06. The van der Waals surface area contributed by atoms with Crippen LogP contribution in [0.15, 0.2) is 49.3 Å². The molecule has 22 heavy (non-hydrogen) atoms. The van der Waals surface area contributed by atoms with Crippen molar-refractivity contribution in [2.75, 3.05) is 0 Å². The normalized spacial score (nSPS) is 11.2. The molecule has 0 radical (unpaired) electrons. The standard InChI is InChI=1S/C15H9Cl2N5/c16-11-2-1-10-13(22-4-3-18-8-22)5-12(9-6-19-20-7-9)21-15(10)14(11)17/h1-8H,(H,19,20). The fraction of sp³-hybridized carbons (Fsp3) is 0. The number of rotatable bonds is 2. The maximum absolute atomic E-state index is 6.35.